The summed E-state index contributed by atoms with van der Waals surface area (Å²) in [6, 6.07) is 1.83. The van der Waals surface area contributed by atoms with E-state index < -0.39 is 27.1 Å². The number of nitrogens with one attached hydrogen (secondary N) is 1. The molecule has 0 fully saturated rings. The molecule has 1 aromatic carbocycles. The molecular formula is C11H8N4O5S. The van der Waals surface area contributed by atoms with Crippen molar-refractivity contribution in [1.29, 1.82) is 0 Å². The van der Waals surface area contributed by atoms with Gasteiger partial charge in [-0.1, -0.05) is 0 Å². The van der Waals surface area contributed by atoms with Gasteiger partial charge in [0.2, 0.25) is 0 Å². The van der Waals surface area contributed by atoms with Gasteiger partial charge < -0.3 is 0 Å². The number of nitro benzene ring substituents is 2. The highest BCUT2D eigenvalue weighted by atomic mass is 32.1. The fourth-order valence-corrected chi connectivity index (χ4v) is 2.19. The lowest BCUT2D eigenvalue weighted by molar-refractivity contribution is -0.394. The van der Waals surface area contributed by atoms with E-state index in [1.165, 1.54) is 13.1 Å². The molecule has 108 valence electrons. The van der Waals surface area contributed by atoms with Crippen LogP contribution in [0.25, 0.3) is 0 Å². The van der Waals surface area contributed by atoms with Crippen molar-refractivity contribution >= 4 is 33.8 Å². The summed E-state index contributed by atoms with van der Waals surface area (Å²) in [5.74, 6) is -0.686. The summed E-state index contributed by atoms with van der Waals surface area (Å²) < 4.78 is 0. The summed E-state index contributed by atoms with van der Waals surface area (Å²) in [4.78, 5) is 36.1. The molecule has 1 N–H and O–H groups in total. The molecule has 2 rings (SSSR count). The van der Waals surface area contributed by atoms with Crippen LogP contribution in [0.15, 0.2) is 23.7 Å². The highest BCUT2D eigenvalue weighted by Crippen LogP contribution is 2.28. The van der Waals surface area contributed by atoms with Crippen molar-refractivity contribution in [3.8, 4) is 0 Å². The number of rotatable bonds is 4. The summed E-state index contributed by atoms with van der Waals surface area (Å²) >= 11 is 1.16. The molecule has 0 spiro atoms. The molecule has 0 aliphatic carbocycles. The molecule has 21 heavy (non-hydrogen) atoms. The second kappa shape index (κ2) is 5.63. The molecule has 0 aliphatic rings. The van der Waals surface area contributed by atoms with Crippen LogP contribution in [0.2, 0.25) is 0 Å². The molecule has 1 heterocycles. The van der Waals surface area contributed by atoms with Gasteiger partial charge in [-0.25, -0.2) is 4.98 Å². The van der Waals surface area contributed by atoms with Crippen LogP contribution in [0.4, 0.5) is 16.5 Å². The summed E-state index contributed by atoms with van der Waals surface area (Å²) in [7, 11) is 0. The SMILES string of the molecule is Cc1c(C(=O)Nc2nccs2)cc([N+](=O)[O-])cc1[N+](=O)[O-]. The van der Waals surface area contributed by atoms with Gasteiger partial charge in [-0.15, -0.1) is 11.3 Å². The number of hydrogen-bond acceptors (Lipinski definition) is 7. The molecule has 0 saturated carbocycles. The van der Waals surface area contributed by atoms with Crippen molar-refractivity contribution in [3.63, 3.8) is 0 Å². The van der Waals surface area contributed by atoms with Crippen LogP contribution in [-0.4, -0.2) is 20.7 Å². The van der Waals surface area contributed by atoms with E-state index in [-0.39, 0.29) is 11.1 Å². The van der Waals surface area contributed by atoms with E-state index in [1.807, 2.05) is 0 Å². The molecule has 9 nitrogen and oxygen atoms in total. The molecular weight excluding hydrogens is 300 g/mol. The van der Waals surface area contributed by atoms with Crippen LogP contribution in [0.5, 0.6) is 0 Å². The van der Waals surface area contributed by atoms with Crippen molar-refractivity contribution in [3.05, 3.63) is 55.1 Å². The van der Waals surface area contributed by atoms with Crippen molar-refractivity contribution < 1.29 is 14.6 Å². The standard InChI is InChI=1S/C11H8N4O5S/c1-6-8(10(16)13-11-12-2-3-21-11)4-7(14(17)18)5-9(6)15(19)20/h2-5H,1H3,(H,12,13,16). The normalized spacial score (nSPS) is 10.1. The van der Waals surface area contributed by atoms with Crippen molar-refractivity contribution in [2.24, 2.45) is 0 Å². The second-order valence-corrected chi connectivity index (χ2v) is 4.84. The maximum atomic E-state index is 12.1. The molecule has 2 aromatic rings. The van der Waals surface area contributed by atoms with Crippen LogP contribution >= 0.6 is 11.3 Å². The number of thiazole rings is 1. The lowest BCUT2D eigenvalue weighted by Crippen LogP contribution is -2.14. The number of non-ortho nitro benzene ring substituents is 1. The quantitative estimate of drug-likeness (QED) is 0.682. The highest BCUT2D eigenvalue weighted by molar-refractivity contribution is 7.13. The number of benzene rings is 1. The predicted octanol–water partition coefficient (Wildman–Crippen LogP) is 2.52. The molecule has 0 radical (unpaired) electrons. The minimum absolute atomic E-state index is 0.0552. The Labute approximate surface area is 121 Å². The van der Waals surface area contributed by atoms with Crippen molar-refractivity contribution in [1.82, 2.24) is 4.98 Å². The first-order chi connectivity index (χ1) is 9.90. The molecule has 1 aromatic heterocycles. The zero-order valence-electron chi connectivity index (χ0n) is 10.6. The Morgan fingerprint density at radius 3 is 2.52 bits per heavy atom. The van der Waals surface area contributed by atoms with Crippen molar-refractivity contribution in [2.75, 3.05) is 5.32 Å². The average Bonchev–Trinajstić information content (AvgIpc) is 2.90. The number of anilines is 1. The van der Waals surface area contributed by atoms with E-state index in [0.717, 1.165) is 23.5 Å². The summed E-state index contributed by atoms with van der Waals surface area (Å²) in [6.07, 6.45) is 1.48. The number of carbonyl (C=O) groups is 1. The summed E-state index contributed by atoms with van der Waals surface area (Å²) in [6.45, 7) is 1.36. The number of aromatic nitrogens is 1. The van der Waals surface area contributed by atoms with E-state index in [2.05, 4.69) is 10.3 Å². The Morgan fingerprint density at radius 2 is 2.00 bits per heavy atom. The average molecular weight is 308 g/mol. The number of amides is 1. The molecule has 10 heteroatoms. The van der Waals surface area contributed by atoms with Gasteiger partial charge in [0.1, 0.15) is 0 Å². The predicted molar refractivity (Wildman–Crippen MR) is 74.6 cm³/mol. The first-order valence-electron chi connectivity index (χ1n) is 5.54. The third kappa shape index (κ3) is 3.00. The largest absolute Gasteiger partial charge is 0.298 e. The van der Waals surface area contributed by atoms with Gasteiger partial charge in [0.15, 0.2) is 5.13 Å². The van der Waals surface area contributed by atoms with E-state index in [1.54, 1.807) is 5.38 Å². The fourth-order valence-electron chi connectivity index (χ4n) is 1.66. The maximum Gasteiger partial charge on any atom is 0.279 e. The van der Waals surface area contributed by atoms with Gasteiger partial charge in [0.25, 0.3) is 17.3 Å². The van der Waals surface area contributed by atoms with E-state index in [0.29, 0.717) is 5.13 Å². The van der Waals surface area contributed by atoms with Crippen LogP contribution in [0.3, 0.4) is 0 Å². The Balaban J connectivity index is 2.48. The maximum absolute atomic E-state index is 12.1. The first-order valence-corrected chi connectivity index (χ1v) is 6.42. The lowest BCUT2D eigenvalue weighted by Gasteiger charge is -2.06. The van der Waals surface area contributed by atoms with E-state index >= 15 is 0 Å². The van der Waals surface area contributed by atoms with Crippen molar-refractivity contribution in [2.45, 2.75) is 6.92 Å². The van der Waals surface area contributed by atoms with Gasteiger partial charge in [-0.05, 0) is 6.92 Å². The highest BCUT2D eigenvalue weighted by Gasteiger charge is 2.24. The minimum atomic E-state index is -0.785. The van der Waals surface area contributed by atoms with Gasteiger partial charge in [-0.2, -0.15) is 0 Å². The Bertz CT molecular complexity index is 728. The Morgan fingerprint density at radius 1 is 1.29 bits per heavy atom. The molecule has 0 saturated heterocycles. The second-order valence-electron chi connectivity index (χ2n) is 3.94. The van der Waals surface area contributed by atoms with Crippen LogP contribution < -0.4 is 5.32 Å². The van der Waals surface area contributed by atoms with E-state index in [9.17, 15) is 25.0 Å². The summed E-state index contributed by atoms with van der Waals surface area (Å²) in [5.41, 5.74) is -1.07. The third-order valence-electron chi connectivity index (χ3n) is 2.67. The first kappa shape index (κ1) is 14.5. The van der Waals surface area contributed by atoms with E-state index in [4.69, 9.17) is 0 Å². The number of hydrogen-bond donors (Lipinski definition) is 1. The Hall–Kier alpha value is -2.88. The number of nitrogens with zero attached hydrogens (tertiary/aromatic N) is 3. The lowest BCUT2D eigenvalue weighted by atomic mass is 10.0. The monoisotopic (exact) mass is 308 g/mol. The van der Waals surface area contributed by atoms with Gasteiger partial charge in [-0.3, -0.25) is 30.3 Å². The molecule has 0 aliphatic heterocycles. The van der Waals surface area contributed by atoms with Gasteiger partial charge in [0, 0.05) is 23.2 Å². The zero-order valence-corrected chi connectivity index (χ0v) is 11.4. The third-order valence-corrected chi connectivity index (χ3v) is 3.36. The van der Waals surface area contributed by atoms with Gasteiger partial charge in [0.05, 0.1) is 21.5 Å². The van der Waals surface area contributed by atoms with Gasteiger partial charge >= 0.3 is 0 Å². The van der Waals surface area contributed by atoms with Crippen LogP contribution in [0.1, 0.15) is 15.9 Å². The molecule has 0 atom stereocenters. The molecule has 1 amide bonds. The molecule has 0 unspecified atom stereocenters. The smallest absolute Gasteiger partial charge is 0.279 e. The molecule has 0 bridgehead atoms. The minimum Gasteiger partial charge on any atom is -0.298 e. The number of nitro groups is 2. The van der Waals surface area contributed by atoms with Crippen LogP contribution in [-0.2, 0) is 0 Å². The fraction of sp³-hybridized carbons (Fsp3) is 0.0909. The van der Waals surface area contributed by atoms with Crippen LogP contribution in [0, 0.1) is 27.2 Å². The summed E-state index contributed by atoms with van der Waals surface area (Å²) in [5, 5.41) is 26.1. The topological polar surface area (TPSA) is 128 Å². The number of carbonyl (C=O) groups excluding carboxylic acids is 1. The zero-order chi connectivity index (χ0) is 15.6. The Kier molecular flexibility index (Phi) is 3.89.